The van der Waals surface area contributed by atoms with E-state index in [0.29, 0.717) is 25.4 Å². The first-order chi connectivity index (χ1) is 8.59. The molecule has 2 atom stereocenters. The molecule has 0 aromatic rings. The van der Waals surface area contributed by atoms with Crippen LogP contribution in [-0.4, -0.2) is 59.0 Å². The largest absolute Gasteiger partial charge is 0.480 e. The van der Waals surface area contributed by atoms with Crippen LogP contribution in [0.25, 0.3) is 0 Å². The van der Waals surface area contributed by atoms with Crippen molar-refractivity contribution in [2.24, 2.45) is 0 Å². The highest BCUT2D eigenvalue weighted by Gasteiger charge is 2.35. The van der Waals surface area contributed by atoms with Crippen LogP contribution in [0, 0.1) is 0 Å². The summed E-state index contributed by atoms with van der Waals surface area (Å²) in [7, 11) is 2.05. The van der Waals surface area contributed by atoms with Crippen molar-refractivity contribution in [2.45, 2.75) is 50.6 Å². The van der Waals surface area contributed by atoms with E-state index in [1.807, 2.05) is 0 Å². The Morgan fingerprint density at radius 3 is 2.61 bits per heavy atom. The van der Waals surface area contributed by atoms with Crippen LogP contribution in [0.5, 0.6) is 0 Å². The molecule has 1 N–H and O–H groups in total. The van der Waals surface area contributed by atoms with Gasteiger partial charge in [-0.25, -0.2) is 4.79 Å². The first-order valence-electron chi connectivity index (χ1n) is 6.82. The SMILES string of the molecule is CN1CCCCC1CC(=O)N1CCC[C@H]1C(=O)O. The number of hydrogen-bond donors (Lipinski definition) is 1. The lowest BCUT2D eigenvalue weighted by Gasteiger charge is -2.33. The van der Waals surface area contributed by atoms with Crippen molar-refractivity contribution in [1.82, 2.24) is 9.80 Å². The Morgan fingerprint density at radius 2 is 1.94 bits per heavy atom. The number of carboxylic acid groups (broad SMARTS) is 1. The van der Waals surface area contributed by atoms with Crippen molar-refractivity contribution in [3.8, 4) is 0 Å². The molecule has 0 bridgehead atoms. The summed E-state index contributed by atoms with van der Waals surface area (Å²) < 4.78 is 0. The number of piperidine rings is 1. The summed E-state index contributed by atoms with van der Waals surface area (Å²) in [6.07, 6.45) is 5.30. The maximum atomic E-state index is 12.2. The average molecular weight is 254 g/mol. The molecule has 0 spiro atoms. The zero-order valence-electron chi connectivity index (χ0n) is 11.0. The van der Waals surface area contributed by atoms with Gasteiger partial charge in [0.05, 0.1) is 0 Å². The van der Waals surface area contributed by atoms with E-state index < -0.39 is 12.0 Å². The third-order valence-electron chi connectivity index (χ3n) is 4.19. The van der Waals surface area contributed by atoms with E-state index in [0.717, 1.165) is 19.4 Å². The molecule has 1 amide bonds. The van der Waals surface area contributed by atoms with Gasteiger partial charge in [-0.05, 0) is 39.3 Å². The van der Waals surface area contributed by atoms with Gasteiger partial charge in [0.1, 0.15) is 6.04 Å². The van der Waals surface area contributed by atoms with Crippen LogP contribution in [0.15, 0.2) is 0 Å². The number of amides is 1. The van der Waals surface area contributed by atoms with Gasteiger partial charge in [0, 0.05) is 19.0 Å². The second-order valence-corrected chi connectivity index (χ2v) is 5.42. The fraction of sp³-hybridized carbons (Fsp3) is 0.846. The number of aliphatic carboxylic acids is 1. The fourth-order valence-corrected chi connectivity index (χ4v) is 3.04. The lowest BCUT2D eigenvalue weighted by Crippen LogP contribution is -2.45. The summed E-state index contributed by atoms with van der Waals surface area (Å²) in [5, 5.41) is 9.09. The number of carbonyl (C=O) groups is 2. The lowest BCUT2D eigenvalue weighted by molar-refractivity contribution is -0.148. The van der Waals surface area contributed by atoms with Crippen molar-refractivity contribution in [3.63, 3.8) is 0 Å². The predicted octanol–water partition coefficient (Wildman–Crippen LogP) is 0.936. The molecule has 0 aliphatic carbocycles. The summed E-state index contributed by atoms with van der Waals surface area (Å²) in [5.41, 5.74) is 0. The summed E-state index contributed by atoms with van der Waals surface area (Å²) in [4.78, 5) is 27.1. The van der Waals surface area contributed by atoms with E-state index in [1.54, 1.807) is 4.90 Å². The number of rotatable bonds is 3. The zero-order chi connectivity index (χ0) is 13.1. The molecule has 0 aromatic heterocycles. The Morgan fingerprint density at radius 1 is 1.17 bits per heavy atom. The molecule has 1 unspecified atom stereocenters. The zero-order valence-corrected chi connectivity index (χ0v) is 11.0. The highest BCUT2D eigenvalue weighted by molar-refractivity contribution is 5.84. The summed E-state index contributed by atoms with van der Waals surface area (Å²) in [6, 6.07) is -0.298. The normalized spacial score (nSPS) is 29.5. The van der Waals surface area contributed by atoms with Gasteiger partial charge in [0.2, 0.25) is 5.91 Å². The maximum Gasteiger partial charge on any atom is 0.326 e. The lowest BCUT2D eigenvalue weighted by atomic mass is 9.99. The number of nitrogens with zero attached hydrogens (tertiary/aromatic N) is 2. The minimum absolute atomic E-state index is 0.0126. The minimum Gasteiger partial charge on any atom is -0.480 e. The molecular formula is C13H22N2O3. The minimum atomic E-state index is -0.863. The number of likely N-dealkylation sites (tertiary alicyclic amines) is 2. The second-order valence-electron chi connectivity index (χ2n) is 5.42. The third-order valence-corrected chi connectivity index (χ3v) is 4.19. The fourth-order valence-electron chi connectivity index (χ4n) is 3.04. The highest BCUT2D eigenvalue weighted by Crippen LogP contribution is 2.23. The molecular weight excluding hydrogens is 232 g/mol. The number of hydrogen-bond acceptors (Lipinski definition) is 3. The van der Waals surface area contributed by atoms with E-state index >= 15 is 0 Å². The average Bonchev–Trinajstić information content (AvgIpc) is 2.81. The quantitative estimate of drug-likeness (QED) is 0.814. The van der Waals surface area contributed by atoms with Crippen molar-refractivity contribution in [2.75, 3.05) is 20.1 Å². The maximum absolute atomic E-state index is 12.2. The third kappa shape index (κ3) is 2.83. The Kier molecular flexibility index (Phi) is 4.22. The van der Waals surface area contributed by atoms with Crippen LogP contribution >= 0.6 is 0 Å². The van der Waals surface area contributed by atoms with Crippen LogP contribution in [-0.2, 0) is 9.59 Å². The van der Waals surface area contributed by atoms with Gasteiger partial charge >= 0.3 is 5.97 Å². The molecule has 2 heterocycles. The highest BCUT2D eigenvalue weighted by atomic mass is 16.4. The molecule has 0 saturated carbocycles. The first-order valence-corrected chi connectivity index (χ1v) is 6.82. The Hall–Kier alpha value is -1.10. The van der Waals surface area contributed by atoms with E-state index in [4.69, 9.17) is 5.11 Å². The van der Waals surface area contributed by atoms with Crippen LogP contribution in [0.2, 0.25) is 0 Å². The molecule has 102 valence electrons. The Labute approximate surface area is 108 Å². The van der Waals surface area contributed by atoms with E-state index in [2.05, 4.69) is 11.9 Å². The number of carbonyl (C=O) groups excluding carboxylic acids is 1. The molecule has 0 aromatic carbocycles. The van der Waals surface area contributed by atoms with Gasteiger partial charge in [-0.1, -0.05) is 6.42 Å². The molecule has 5 nitrogen and oxygen atoms in total. The first kappa shape index (κ1) is 13.3. The summed E-state index contributed by atoms with van der Waals surface area (Å²) in [5.74, 6) is -0.850. The second kappa shape index (κ2) is 5.69. The molecule has 2 aliphatic rings. The van der Waals surface area contributed by atoms with Gasteiger partial charge in [-0.2, -0.15) is 0 Å². The van der Waals surface area contributed by atoms with Crippen LogP contribution < -0.4 is 0 Å². The molecule has 2 rings (SSSR count). The molecule has 2 aliphatic heterocycles. The number of carboxylic acids is 1. The Bertz CT molecular complexity index is 332. The molecule has 2 saturated heterocycles. The van der Waals surface area contributed by atoms with Crippen molar-refractivity contribution >= 4 is 11.9 Å². The van der Waals surface area contributed by atoms with Gasteiger partial charge in [-0.15, -0.1) is 0 Å². The van der Waals surface area contributed by atoms with Crippen LogP contribution in [0.1, 0.15) is 38.5 Å². The molecule has 0 radical (unpaired) electrons. The van der Waals surface area contributed by atoms with Gasteiger partial charge in [-0.3, -0.25) is 4.79 Å². The van der Waals surface area contributed by atoms with E-state index in [1.165, 1.54) is 12.8 Å². The Balaban J connectivity index is 1.92. The summed E-state index contributed by atoms with van der Waals surface area (Å²) in [6.45, 7) is 1.65. The summed E-state index contributed by atoms with van der Waals surface area (Å²) >= 11 is 0. The van der Waals surface area contributed by atoms with Crippen molar-refractivity contribution in [1.29, 1.82) is 0 Å². The monoisotopic (exact) mass is 254 g/mol. The standard InChI is InChI=1S/C13H22N2O3/c1-14-7-3-2-5-10(14)9-12(16)15-8-4-6-11(15)13(17)18/h10-11H,2-9H2,1H3,(H,17,18)/t10?,11-/m0/s1. The van der Waals surface area contributed by atoms with Gasteiger partial charge in [0.25, 0.3) is 0 Å². The van der Waals surface area contributed by atoms with Crippen molar-refractivity contribution < 1.29 is 14.7 Å². The molecule has 18 heavy (non-hydrogen) atoms. The predicted molar refractivity (Wildman–Crippen MR) is 67.3 cm³/mol. The van der Waals surface area contributed by atoms with Crippen molar-refractivity contribution in [3.05, 3.63) is 0 Å². The van der Waals surface area contributed by atoms with E-state index in [9.17, 15) is 9.59 Å². The smallest absolute Gasteiger partial charge is 0.326 e. The topological polar surface area (TPSA) is 60.9 Å². The van der Waals surface area contributed by atoms with Gasteiger partial charge < -0.3 is 14.9 Å². The van der Waals surface area contributed by atoms with Crippen LogP contribution in [0.3, 0.4) is 0 Å². The van der Waals surface area contributed by atoms with E-state index in [-0.39, 0.29) is 5.91 Å². The van der Waals surface area contributed by atoms with Crippen LogP contribution in [0.4, 0.5) is 0 Å². The van der Waals surface area contributed by atoms with Gasteiger partial charge in [0.15, 0.2) is 0 Å². The molecule has 2 fully saturated rings. The molecule has 5 heteroatoms.